The number of guanidine groups is 2. The highest BCUT2D eigenvalue weighted by Gasteiger charge is 2.20. The van der Waals surface area contributed by atoms with Crippen molar-refractivity contribution in [2.75, 3.05) is 52.4 Å². The van der Waals surface area contributed by atoms with E-state index in [4.69, 9.17) is 39.8 Å². The van der Waals surface area contributed by atoms with Crippen LogP contribution in [0, 0.1) is 52.4 Å². The maximum atomic E-state index is 8.74. The third-order valence-corrected chi connectivity index (χ3v) is 7.87. The first kappa shape index (κ1) is 36.0. The molecule has 0 radical (unpaired) electrons. The lowest BCUT2D eigenvalue weighted by atomic mass is 9.99. The van der Waals surface area contributed by atoms with Gasteiger partial charge < -0.3 is 21.3 Å². The molecule has 2 saturated heterocycles. The van der Waals surface area contributed by atoms with Crippen molar-refractivity contribution in [1.29, 1.82) is 10.8 Å². The molecule has 2 aliphatic heterocycles. The van der Waals surface area contributed by atoms with E-state index < -0.39 is 10.4 Å². The second-order valence-corrected chi connectivity index (χ2v) is 12.4. The van der Waals surface area contributed by atoms with Crippen LogP contribution < -0.4 is 11.5 Å². The lowest BCUT2D eigenvalue weighted by molar-refractivity contribution is 0.173. The summed E-state index contributed by atoms with van der Waals surface area (Å²) in [6.45, 7) is 22.4. The number of nitrogens with two attached hydrogens (primary N) is 2. The molecule has 13 heteroatoms. The molecule has 43 heavy (non-hydrogen) atoms. The largest absolute Gasteiger partial charge is 0.394 e. The van der Waals surface area contributed by atoms with Crippen molar-refractivity contribution in [2.45, 2.75) is 54.6 Å². The van der Waals surface area contributed by atoms with Gasteiger partial charge >= 0.3 is 10.4 Å². The smallest absolute Gasteiger partial charge is 0.370 e. The summed E-state index contributed by atoms with van der Waals surface area (Å²) >= 11 is 0. The maximum Gasteiger partial charge on any atom is 0.394 e. The summed E-state index contributed by atoms with van der Waals surface area (Å²) < 4.78 is 31.6. The van der Waals surface area contributed by atoms with Crippen molar-refractivity contribution in [3.8, 4) is 0 Å². The number of aryl methyl sites for hydroxylation is 6. The molecule has 2 aromatic rings. The number of rotatable bonds is 4. The molecule has 0 aliphatic carbocycles. The Labute approximate surface area is 257 Å². The Kier molecular flexibility index (Phi) is 13.4. The molecule has 0 atom stereocenters. The van der Waals surface area contributed by atoms with E-state index in [2.05, 4.69) is 75.6 Å². The fourth-order valence-corrected chi connectivity index (χ4v) is 5.66. The number of hydrogen-bond donors (Lipinski definition) is 6. The van der Waals surface area contributed by atoms with Crippen LogP contribution in [-0.2, 0) is 23.5 Å². The van der Waals surface area contributed by atoms with Gasteiger partial charge in [-0.2, -0.15) is 8.42 Å². The standard InChI is InChI=1S/2C15H24N4.H2O4S/c2*1-11-8-12(2)14(13(3)9-11)10-18-4-6-19(7-5-18)15(16)17;1-5(2,3)4/h2*8-9H,4-7,10H2,1-3H3,(H3,16,17);(H2,1,2,3,4). The fourth-order valence-electron chi connectivity index (χ4n) is 5.66. The van der Waals surface area contributed by atoms with Gasteiger partial charge in [0.05, 0.1) is 0 Å². The lowest BCUT2D eigenvalue weighted by Gasteiger charge is -2.35. The van der Waals surface area contributed by atoms with Crippen LogP contribution >= 0.6 is 0 Å². The van der Waals surface area contributed by atoms with E-state index in [0.29, 0.717) is 0 Å². The molecule has 12 nitrogen and oxygen atoms in total. The van der Waals surface area contributed by atoms with Crippen molar-refractivity contribution in [3.05, 3.63) is 68.8 Å². The van der Waals surface area contributed by atoms with Gasteiger partial charge in [0.2, 0.25) is 0 Å². The van der Waals surface area contributed by atoms with Gasteiger partial charge in [0.25, 0.3) is 0 Å². The van der Waals surface area contributed by atoms with Crippen LogP contribution in [0.2, 0.25) is 0 Å². The van der Waals surface area contributed by atoms with Crippen LogP contribution in [0.1, 0.15) is 44.5 Å². The zero-order valence-corrected chi connectivity index (χ0v) is 27.3. The topological polar surface area (TPSA) is 187 Å². The van der Waals surface area contributed by atoms with E-state index in [1.54, 1.807) is 0 Å². The minimum absolute atomic E-state index is 0.197. The van der Waals surface area contributed by atoms with Crippen molar-refractivity contribution >= 4 is 22.3 Å². The highest BCUT2D eigenvalue weighted by Crippen LogP contribution is 2.20. The number of nitrogens with one attached hydrogen (secondary N) is 2. The summed E-state index contributed by atoms with van der Waals surface area (Å²) in [6.07, 6.45) is 0. The van der Waals surface area contributed by atoms with Crippen molar-refractivity contribution < 1.29 is 17.5 Å². The minimum Gasteiger partial charge on any atom is -0.370 e. The average Bonchev–Trinajstić information content (AvgIpc) is 2.88. The Hall–Kier alpha value is -3.23. The summed E-state index contributed by atoms with van der Waals surface area (Å²) in [6, 6.07) is 9.03. The molecule has 0 spiro atoms. The number of benzene rings is 2. The van der Waals surface area contributed by atoms with E-state index in [9.17, 15) is 0 Å². The van der Waals surface area contributed by atoms with E-state index in [0.717, 1.165) is 65.4 Å². The molecule has 0 amide bonds. The predicted octanol–water partition coefficient (Wildman–Crippen LogP) is 2.59. The average molecular weight is 619 g/mol. The Bertz CT molecular complexity index is 1220. The number of hydrogen-bond acceptors (Lipinski definition) is 6. The van der Waals surface area contributed by atoms with Gasteiger partial charge in [-0.3, -0.25) is 29.7 Å². The fraction of sp³-hybridized carbons (Fsp3) is 0.533. The lowest BCUT2D eigenvalue weighted by Crippen LogP contribution is -2.50. The van der Waals surface area contributed by atoms with Crippen LogP contribution in [0.15, 0.2) is 24.3 Å². The summed E-state index contributed by atoms with van der Waals surface area (Å²) in [5.74, 6) is 0.393. The molecule has 2 heterocycles. The molecule has 2 aliphatic rings. The van der Waals surface area contributed by atoms with Gasteiger partial charge in [-0.1, -0.05) is 35.4 Å². The van der Waals surface area contributed by atoms with Crippen LogP contribution in [0.4, 0.5) is 0 Å². The predicted molar refractivity (Wildman–Crippen MR) is 173 cm³/mol. The van der Waals surface area contributed by atoms with E-state index in [1.165, 1.54) is 44.5 Å². The molecular formula is C30H50N8O4S. The van der Waals surface area contributed by atoms with Crippen LogP contribution in [0.25, 0.3) is 0 Å². The third-order valence-electron chi connectivity index (χ3n) is 7.87. The van der Waals surface area contributed by atoms with Gasteiger partial charge in [0, 0.05) is 65.4 Å². The Morgan fingerprint density at radius 1 is 0.628 bits per heavy atom. The summed E-state index contributed by atoms with van der Waals surface area (Å²) in [4.78, 5) is 8.77. The van der Waals surface area contributed by atoms with Crippen molar-refractivity contribution in [3.63, 3.8) is 0 Å². The first-order chi connectivity index (χ1) is 19.9. The third kappa shape index (κ3) is 12.5. The number of nitrogens with zero attached hydrogens (tertiary/aromatic N) is 4. The molecule has 8 N–H and O–H groups in total. The monoisotopic (exact) mass is 618 g/mol. The highest BCUT2D eigenvalue weighted by molar-refractivity contribution is 7.79. The molecule has 0 aromatic heterocycles. The van der Waals surface area contributed by atoms with E-state index >= 15 is 0 Å². The van der Waals surface area contributed by atoms with Crippen LogP contribution in [-0.4, -0.2) is 101 Å². The molecule has 2 aromatic carbocycles. The summed E-state index contributed by atoms with van der Waals surface area (Å²) in [5, 5.41) is 14.9. The van der Waals surface area contributed by atoms with Gasteiger partial charge in [-0.15, -0.1) is 0 Å². The van der Waals surface area contributed by atoms with Gasteiger partial charge in [0.1, 0.15) is 0 Å². The molecule has 0 unspecified atom stereocenters. The van der Waals surface area contributed by atoms with E-state index in [1.807, 2.05) is 9.80 Å². The zero-order valence-electron chi connectivity index (χ0n) is 26.4. The number of piperazine rings is 2. The molecule has 240 valence electrons. The second kappa shape index (κ2) is 16.0. The summed E-state index contributed by atoms with van der Waals surface area (Å²) in [7, 11) is -4.67. The minimum atomic E-state index is -4.67. The zero-order chi connectivity index (χ0) is 32.5. The Morgan fingerprint density at radius 3 is 1.07 bits per heavy atom. The SMILES string of the molecule is Cc1cc(C)c(CN2CCN(C(=N)N)CC2)c(C)c1.Cc1cc(C)c(CN2CCN(C(=N)N)CC2)c(C)c1.O=S(=O)(O)O. The molecular weight excluding hydrogens is 568 g/mol. The van der Waals surface area contributed by atoms with Crippen LogP contribution in [0.5, 0.6) is 0 Å². The normalized spacial score (nSPS) is 16.1. The van der Waals surface area contributed by atoms with Gasteiger partial charge in [-0.05, 0) is 74.9 Å². The Morgan fingerprint density at radius 2 is 0.860 bits per heavy atom. The summed E-state index contributed by atoms with van der Waals surface area (Å²) in [5.41, 5.74) is 22.1. The second-order valence-electron chi connectivity index (χ2n) is 11.5. The molecule has 0 bridgehead atoms. The highest BCUT2D eigenvalue weighted by atomic mass is 32.3. The molecule has 0 saturated carbocycles. The van der Waals surface area contributed by atoms with Crippen molar-refractivity contribution in [2.24, 2.45) is 11.5 Å². The maximum absolute atomic E-state index is 8.74. The van der Waals surface area contributed by atoms with Crippen molar-refractivity contribution in [1.82, 2.24) is 19.6 Å². The van der Waals surface area contributed by atoms with E-state index in [-0.39, 0.29) is 11.9 Å². The van der Waals surface area contributed by atoms with Crippen LogP contribution in [0.3, 0.4) is 0 Å². The first-order valence-electron chi connectivity index (χ1n) is 14.4. The Balaban J connectivity index is 0.000000260. The first-order valence-corrected chi connectivity index (χ1v) is 15.8. The molecule has 4 rings (SSSR count). The quantitative estimate of drug-likeness (QED) is 0.169. The van der Waals surface area contributed by atoms with Gasteiger partial charge in [-0.25, -0.2) is 0 Å². The molecule has 2 fully saturated rings. The van der Waals surface area contributed by atoms with Gasteiger partial charge in [0.15, 0.2) is 11.9 Å².